The highest BCUT2D eigenvalue weighted by atomic mass is 16.1. The molecule has 0 radical (unpaired) electrons. The molecule has 0 bridgehead atoms. The van der Waals surface area contributed by atoms with Gasteiger partial charge in [0.05, 0.1) is 0 Å². The molecule has 0 unspecified atom stereocenters. The zero-order valence-corrected chi connectivity index (χ0v) is 10.6. The minimum absolute atomic E-state index is 0.0721. The lowest BCUT2D eigenvalue weighted by Crippen LogP contribution is -2.39. The standard InChI is InChI=1S/C12H20N4O/c1-15(2)16(3)9-8-14-12(17)10-4-6-11(13)7-5-10/h4-7H,8-9,13H2,1-3H3,(H,14,17). The fourth-order valence-corrected chi connectivity index (χ4v) is 1.27. The molecule has 1 amide bonds. The summed E-state index contributed by atoms with van der Waals surface area (Å²) in [6.45, 7) is 1.38. The summed E-state index contributed by atoms with van der Waals surface area (Å²) in [6, 6.07) is 6.89. The maximum absolute atomic E-state index is 11.7. The molecular weight excluding hydrogens is 216 g/mol. The van der Waals surface area contributed by atoms with Crippen molar-refractivity contribution in [2.45, 2.75) is 0 Å². The van der Waals surface area contributed by atoms with Crippen LogP contribution < -0.4 is 11.1 Å². The van der Waals surface area contributed by atoms with Gasteiger partial charge in [-0.1, -0.05) is 0 Å². The number of nitrogens with one attached hydrogen (secondary N) is 1. The quantitative estimate of drug-likeness (QED) is 0.574. The number of nitrogens with zero attached hydrogens (tertiary/aromatic N) is 2. The predicted molar refractivity (Wildman–Crippen MR) is 69.5 cm³/mol. The number of anilines is 1. The minimum Gasteiger partial charge on any atom is -0.399 e. The van der Waals surface area contributed by atoms with Crippen molar-refractivity contribution in [2.75, 3.05) is 40.0 Å². The van der Waals surface area contributed by atoms with Gasteiger partial charge in [0.2, 0.25) is 0 Å². The first-order valence-electron chi connectivity index (χ1n) is 5.53. The van der Waals surface area contributed by atoms with Gasteiger partial charge in [0.25, 0.3) is 5.91 Å². The van der Waals surface area contributed by atoms with E-state index in [9.17, 15) is 4.79 Å². The van der Waals surface area contributed by atoms with Crippen LogP contribution >= 0.6 is 0 Å². The highest BCUT2D eigenvalue weighted by Gasteiger charge is 2.05. The monoisotopic (exact) mass is 236 g/mol. The summed E-state index contributed by atoms with van der Waals surface area (Å²) in [7, 11) is 5.89. The summed E-state index contributed by atoms with van der Waals surface area (Å²) < 4.78 is 0. The Morgan fingerprint density at radius 1 is 1.24 bits per heavy atom. The lowest BCUT2D eigenvalue weighted by molar-refractivity contribution is 0.0563. The predicted octanol–water partition coefficient (Wildman–Crippen LogP) is 0.407. The summed E-state index contributed by atoms with van der Waals surface area (Å²) in [6.07, 6.45) is 0. The van der Waals surface area contributed by atoms with Crippen molar-refractivity contribution in [3.8, 4) is 0 Å². The molecule has 1 aromatic carbocycles. The first-order valence-corrected chi connectivity index (χ1v) is 5.53. The molecule has 94 valence electrons. The van der Waals surface area contributed by atoms with Gasteiger partial charge in [0.1, 0.15) is 0 Å². The summed E-state index contributed by atoms with van der Waals surface area (Å²) in [5.41, 5.74) is 6.85. The van der Waals surface area contributed by atoms with Crippen molar-refractivity contribution in [3.63, 3.8) is 0 Å². The molecule has 0 aliphatic carbocycles. The molecule has 0 atom stereocenters. The summed E-state index contributed by atoms with van der Waals surface area (Å²) in [5.74, 6) is -0.0721. The number of nitrogen functional groups attached to an aromatic ring is 1. The SMILES string of the molecule is CN(C)N(C)CCNC(=O)c1ccc(N)cc1. The van der Waals surface area contributed by atoms with Gasteiger partial charge in [-0.25, -0.2) is 10.0 Å². The van der Waals surface area contributed by atoms with Crippen LogP contribution in [0.5, 0.6) is 0 Å². The van der Waals surface area contributed by atoms with Gasteiger partial charge >= 0.3 is 0 Å². The molecule has 0 spiro atoms. The summed E-state index contributed by atoms with van der Waals surface area (Å²) in [5, 5.41) is 6.84. The second-order valence-electron chi connectivity index (χ2n) is 4.11. The zero-order chi connectivity index (χ0) is 12.8. The van der Waals surface area contributed by atoms with Gasteiger partial charge in [0, 0.05) is 45.5 Å². The molecule has 0 aromatic heterocycles. The number of carbonyl (C=O) groups is 1. The first-order chi connectivity index (χ1) is 8.00. The Labute approximate surface area is 102 Å². The molecule has 1 rings (SSSR count). The molecule has 0 aliphatic rings. The van der Waals surface area contributed by atoms with Crippen molar-refractivity contribution in [2.24, 2.45) is 0 Å². The van der Waals surface area contributed by atoms with Gasteiger partial charge < -0.3 is 11.1 Å². The van der Waals surface area contributed by atoms with E-state index < -0.39 is 0 Å². The molecular formula is C12H20N4O. The largest absolute Gasteiger partial charge is 0.399 e. The van der Waals surface area contributed by atoms with Crippen LogP contribution in [-0.2, 0) is 0 Å². The molecule has 5 heteroatoms. The Morgan fingerprint density at radius 3 is 2.35 bits per heavy atom. The van der Waals surface area contributed by atoms with Crippen LogP contribution in [0.15, 0.2) is 24.3 Å². The van der Waals surface area contributed by atoms with E-state index in [0.717, 1.165) is 6.54 Å². The van der Waals surface area contributed by atoms with Crippen molar-refractivity contribution < 1.29 is 4.79 Å². The first kappa shape index (κ1) is 13.5. The normalized spacial score (nSPS) is 10.9. The van der Waals surface area contributed by atoms with Crippen LogP contribution in [0.1, 0.15) is 10.4 Å². The van der Waals surface area contributed by atoms with Gasteiger partial charge in [-0.2, -0.15) is 0 Å². The number of amides is 1. The third kappa shape index (κ3) is 4.42. The highest BCUT2D eigenvalue weighted by Crippen LogP contribution is 2.04. The van der Waals surface area contributed by atoms with Gasteiger partial charge in [-0.05, 0) is 24.3 Å². The van der Waals surface area contributed by atoms with E-state index in [-0.39, 0.29) is 5.91 Å². The average Bonchev–Trinajstić information content (AvgIpc) is 2.29. The smallest absolute Gasteiger partial charge is 0.251 e. The number of benzene rings is 1. The summed E-state index contributed by atoms with van der Waals surface area (Å²) >= 11 is 0. The van der Waals surface area contributed by atoms with Crippen LogP contribution in [0.3, 0.4) is 0 Å². The van der Waals surface area contributed by atoms with Crippen molar-refractivity contribution in [3.05, 3.63) is 29.8 Å². The van der Waals surface area contributed by atoms with E-state index in [1.54, 1.807) is 24.3 Å². The van der Waals surface area contributed by atoms with E-state index in [1.807, 2.05) is 31.2 Å². The molecule has 0 saturated heterocycles. The molecule has 3 N–H and O–H groups in total. The second kappa shape index (κ2) is 6.22. The van der Waals surface area contributed by atoms with Crippen LogP contribution in [0, 0.1) is 0 Å². The van der Waals surface area contributed by atoms with Crippen LogP contribution in [0.4, 0.5) is 5.69 Å². The van der Waals surface area contributed by atoms with E-state index in [0.29, 0.717) is 17.8 Å². The average molecular weight is 236 g/mol. The molecule has 1 aromatic rings. The van der Waals surface area contributed by atoms with E-state index in [1.165, 1.54) is 0 Å². The topological polar surface area (TPSA) is 61.6 Å². The summed E-state index contributed by atoms with van der Waals surface area (Å²) in [4.78, 5) is 11.7. The fourth-order valence-electron chi connectivity index (χ4n) is 1.27. The number of carbonyl (C=O) groups excluding carboxylic acids is 1. The number of hydrogen-bond donors (Lipinski definition) is 2. The Hall–Kier alpha value is -1.59. The maximum Gasteiger partial charge on any atom is 0.251 e. The molecule has 0 saturated carbocycles. The van der Waals surface area contributed by atoms with E-state index in [4.69, 9.17) is 5.73 Å². The fraction of sp³-hybridized carbons (Fsp3) is 0.417. The Balaban J connectivity index is 2.37. The molecule has 0 fully saturated rings. The Morgan fingerprint density at radius 2 is 1.82 bits per heavy atom. The second-order valence-corrected chi connectivity index (χ2v) is 4.11. The van der Waals surface area contributed by atoms with Crippen molar-refractivity contribution in [1.82, 2.24) is 15.3 Å². The number of likely N-dealkylation sites (N-methyl/N-ethyl adjacent to an activating group) is 1. The third-order valence-corrected chi connectivity index (χ3v) is 2.58. The molecule has 17 heavy (non-hydrogen) atoms. The number of nitrogens with two attached hydrogens (primary N) is 1. The van der Waals surface area contributed by atoms with Gasteiger partial charge in [-0.15, -0.1) is 0 Å². The van der Waals surface area contributed by atoms with E-state index >= 15 is 0 Å². The zero-order valence-electron chi connectivity index (χ0n) is 10.6. The molecule has 0 aliphatic heterocycles. The lowest BCUT2D eigenvalue weighted by atomic mass is 10.2. The minimum atomic E-state index is -0.0721. The highest BCUT2D eigenvalue weighted by molar-refractivity contribution is 5.94. The van der Waals surface area contributed by atoms with Gasteiger partial charge in [0.15, 0.2) is 0 Å². The van der Waals surface area contributed by atoms with Crippen LogP contribution in [-0.4, -0.2) is 50.2 Å². The number of hydrazine groups is 1. The molecule has 0 heterocycles. The Bertz CT molecular complexity index is 361. The maximum atomic E-state index is 11.7. The van der Waals surface area contributed by atoms with Crippen LogP contribution in [0.2, 0.25) is 0 Å². The molecule has 5 nitrogen and oxygen atoms in total. The third-order valence-electron chi connectivity index (χ3n) is 2.58. The van der Waals surface area contributed by atoms with Crippen LogP contribution in [0.25, 0.3) is 0 Å². The van der Waals surface area contributed by atoms with Gasteiger partial charge in [-0.3, -0.25) is 4.79 Å². The van der Waals surface area contributed by atoms with Crippen molar-refractivity contribution in [1.29, 1.82) is 0 Å². The van der Waals surface area contributed by atoms with Crippen molar-refractivity contribution >= 4 is 11.6 Å². The number of hydrogen-bond acceptors (Lipinski definition) is 4. The lowest BCUT2D eigenvalue weighted by Gasteiger charge is -2.23. The van der Waals surface area contributed by atoms with E-state index in [2.05, 4.69) is 5.32 Å². The Kier molecular flexibility index (Phi) is 4.93. The number of rotatable bonds is 5.